The highest BCUT2D eigenvalue weighted by molar-refractivity contribution is 5.84. The predicted molar refractivity (Wildman–Crippen MR) is 157 cm³/mol. The van der Waals surface area contributed by atoms with Gasteiger partial charge in [-0.3, -0.25) is 9.59 Å². The zero-order chi connectivity index (χ0) is 31.8. The number of hydrogen-bond acceptors (Lipinski definition) is 9. The van der Waals surface area contributed by atoms with Crippen molar-refractivity contribution < 1.29 is 42.8 Å². The molecule has 0 amide bonds. The van der Waals surface area contributed by atoms with Gasteiger partial charge >= 0.3 is 17.9 Å². The maximum absolute atomic E-state index is 12.6. The Kier molecular flexibility index (Phi) is 10.5. The molecule has 1 aliphatic carbocycles. The van der Waals surface area contributed by atoms with E-state index in [0.717, 1.165) is 19.3 Å². The molecule has 0 N–H and O–H groups in total. The standard InChI is InChI=1S/C18H34O2.C15H22O7/c1-8-17(6,7)16(19)20-18(9-2)12-14(5)10-11-15(18)13(3)4;1-6-14(2,3)13(17)20-9-7-8(18-11(9)16)10-12(19-7)22-15(4,5)21-10/h13-15H,8-12H2,1-7H3;7-10,12H,6H2,1-5H3. The molecule has 3 saturated heterocycles. The van der Waals surface area contributed by atoms with Crippen LogP contribution in [0.2, 0.25) is 0 Å². The molecule has 0 bridgehead atoms. The summed E-state index contributed by atoms with van der Waals surface area (Å²) in [7, 11) is 0. The SMILES string of the molecule is CCC(C)(C)C(=O)OC1(CC)CC(C)CCC1C(C)C.CCC(C)(C)C(=O)OC1C(=O)OC2C3OC(C)(C)OC3OC12. The Morgan fingerprint density at radius 1 is 0.929 bits per heavy atom. The van der Waals surface area contributed by atoms with Crippen molar-refractivity contribution in [2.75, 3.05) is 0 Å². The molecule has 9 nitrogen and oxygen atoms in total. The zero-order valence-electron chi connectivity index (χ0n) is 28.0. The van der Waals surface area contributed by atoms with E-state index in [1.807, 2.05) is 20.8 Å². The molecule has 0 aromatic carbocycles. The van der Waals surface area contributed by atoms with E-state index in [-0.39, 0.29) is 17.0 Å². The van der Waals surface area contributed by atoms with E-state index >= 15 is 0 Å². The first-order valence-electron chi connectivity index (χ1n) is 16.0. The van der Waals surface area contributed by atoms with Gasteiger partial charge in [-0.05, 0) is 85.5 Å². The van der Waals surface area contributed by atoms with E-state index in [9.17, 15) is 14.4 Å². The van der Waals surface area contributed by atoms with Crippen molar-refractivity contribution in [1.82, 2.24) is 0 Å². The van der Waals surface area contributed by atoms with Crippen LogP contribution in [-0.2, 0) is 42.8 Å². The average Bonchev–Trinajstić information content (AvgIpc) is 3.49. The van der Waals surface area contributed by atoms with Gasteiger partial charge in [-0.1, -0.05) is 48.0 Å². The van der Waals surface area contributed by atoms with Crippen molar-refractivity contribution in [2.24, 2.45) is 28.6 Å². The molecule has 8 atom stereocenters. The highest BCUT2D eigenvalue weighted by atomic mass is 16.9. The van der Waals surface area contributed by atoms with Gasteiger partial charge in [0.2, 0.25) is 6.10 Å². The van der Waals surface area contributed by atoms with Crippen LogP contribution < -0.4 is 0 Å². The normalized spacial score (nSPS) is 35.5. The van der Waals surface area contributed by atoms with Crippen molar-refractivity contribution in [3.05, 3.63) is 0 Å². The summed E-state index contributed by atoms with van der Waals surface area (Å²) in [5.74, 6) is -0.113. The number of esters is 3. The predicted octanol–water partition coefficient (Wildman–Crippen LogP) is 6.34. The second kappa shape index (κ2) is 12.7. The minimum atomic E-state index is -1.07. The van der Waals surface area contributed by atoms with Crippen molar-refractivity contribution in [1.29, 1.82) is 0 Å². The van der Waals surface area contributed by atoms with Crippen LogP contribution in [0, 0.1) is 28.6 Å². The lowest BCUT2D eigenvalue weighted by Gasteiger charge is -2.48. The Morgan fingerprint density at radius 2 is 1.52 bits per heavy atom. The highest BCUT2D eigenvalue weighted by Crippen LogP contribution is 2.47. The Hall–Kier alpha value is -1.71. The minimum Gasteiger partial charge on any atom is -0.458 e. The molecular weight excluding hydrogens is 540 g/mol. The molecule has 4 aliphatic rings. The smallest absolute Gasteiger partial charge is 0.350 e. The second-order valence-electron chi connectivity index (χ2n) is 14.8. The van der Waals surface area contributed by atoms with Gasteiger partial charge in [0, 0.05) is 5.92 Å². The van der Waals surface area contributed by atoms with Gasteiger partial charge < -0.3 is 28.4 Å². The fraction of sp³-hybridized carbons (Fsp3) is 0.909. The van der Waals surface area contributed by atoms with Crippen LogP contribution in [0.1, 0.15) is 122 Å². The maximum atomic E-state index is 12.6. The van der Waals surface area contributed by atoms with Crippen LogP contribution >= 0.6 is 0 Å². The number of carbonyl (C=O) groups is 3. The quantitative estimate of drug-likeness (QED) is 0.234. The Morgan fingerprint density at radius 3 is 2.07 bits per heavy atom. The molecule has 4 rings (SSSR count). The van der Waals surface area contributed by atoms with Gasteiger partial charge in [-0.2, -0.15) is 0 Å². The molecule has 42 heavy (non-hydrogen) atoms. The van der Waals surface area contributed by atoms with E-state index in [1.165, 1.54) is 12.8 Å². The van der Waals surface area contributed by atoms with Gasteiger partial charge in [-0.25, -0.2) is 4.79 Å². The zero-order valence-corrected chi connectivity index (χ0v) is 28.0. The summed E-state index contributed by atoms with van der Waals surface area (Å²) in [5, 5.41) is 0. The van der Waals surface area contributed by atoms with Gasteiger partial charge in [0.05, 0.1) is 10.8 Å². The number of carbonyl (C=O) groups excluding carboxylic acids is 3. The molecule has 9 heteroatoms. The lowest BCUT2D eigenvalue weighted by Crippen LogP contribution is -2.50. The van der Waals surface area contributed by atoms with Crippen LogP contribution in [0.4, 0.5) is 0 Å². The van der Waals surface area contributed by atoms with Crippen LogP contribution in [0.5, 0.6) is 0 Å². The van der Waals surface area contributed by atoms with Crippen molar-refractivity contribution in [3.8, 4) is 0 Å². The summed E-state index contributed by atoms with van der Waals surface area (Å²) >= 11 is 0. The number of ether oxygens (including phenoxy) is 6. The molecule has 1 saturated carbocycles. The number of rotatable bonds is 8. The Bertz CT molecular complexity index is 986. The minimum absolute atomic E-state index is 0.0124. The van der Waals surface area contributed by atoms with Gasteiger partial charge in [-0.15, -0.1) is 0 Å². The van der Waals surface area contributed by atoms with Crippen LogP contribution in [0.15, 0.2) is 0 Å². The van der Waals surface area contributed by atoms with Crippen molar-refractivity contribution >= 4 is 17.9 Å². The highest BCUT2D eigenvalue weighted by Gasteiger charge is 2.64. The van der Waals surface area contributed by atoms with E-state index in [0.29, 0.717) is 24.2 Å². The number of fused-ring (bicyclic) bond motifs is 3. The first kappa shape index (κ1) is 34.8. The average molecular weight is 597 g/mol. The van der Waals surface area contributed by atoms with E-state index in [2.05, 4.69) is 34.6 Å². The fourth-order valence-corrected chi connectivity index (χ4v) is 6.33. The fourth-order valence-electron chi connectivity index (χ4n) is 6.33. The third-order valence-electron chi connectivity index (χ3n) is 9.96. The van der Waals surface area contributed by atoms with Gasteiger partial charge in [0.25, 0.3) is 0 Å². The molecule has 0 spiro atoms. The van der Waals surface area contributed by atoms with E-state index < -0.39 is 53.8 Å². The maximum Gasteiger partial charge on any atom is 0.350 e. The Labute approximate surface area is 253 Å². The molecule has 4 fully saturated rings. The van der Waals surface area contributed by atoms with Crippen molar-refractivity contribution in [3.63, 3.8) is 0 Å². The molecule has 3 aliphatic heterocycles. The van der Waals surface area contributed by atoms with Crippen LogP contribution in [0.25, 0.3) is 0 Å². The first-order valence-corrected chi connectivity index (χ1v) is 16.0. The van der Waals surface area contributed by atoms with Crippen molar-refractivity contribution in [2.45, 2.75) is 164 Å². The summed E-state index contributed by atoms with van der Waals surface area (Å²) < 4.78 is 33.9. The second-order valence-corrected chi connectivity index (χ2v) is 14.8. The molecular formula is C33H56O9. The first-order chi connectivity index (χ1) is 19.3. The summed E-state index contributed by atoms with van der Waals surface area (Å²) in [4.78, 5) is 36.8. The lowest BCUT2D eigenvalue weighted by molar-refractivity contribution is -0.217. The molecule has 242 valence electrons. The van der Waals surface area contributed by atoms with Crippen LogP contribution in [-0.4, -0.2) is 60.0 Å². The summed E-state index contributed by atoms with van der Waals surface area (Å²) in [5.41, 5.74) is -1.28. The van der Waals surface area contributed by atoms with Crippen LogP contribution in [0.3, 0.4) is 0 Å². The summed E-state index contributed by atoms with van der Waals surface area (Å²) in [6.07, 6.45) is 2.38. The van der Waals surface area contributed by atoms with E-state index in [1.54, 1.807) is 27.7 Å². The van der Waals surface area contributed by atoms with Gasteiger partial charge in [0.15, 0.2) is 24.3 Å². The third kappa shape index (κ3) is 7.15. The Balaban J connectivity index is 0.000000232. The molecule has 8 unspecified atom stereocenters. The van der Waals surface area contributed by atoms with E-state index in [4.69, 9.17) is 28.4 Å². The number of hydrogen-bond donors (Lipinski definition) is 0. The molecule has 0 radical (unpaired) electrons. The molecule has 3 heterocycles. The van der Waals surface area contributed by atoms with Gasteiger partial charge in [0.1, 0.15) is 11.7 Å². The summed E-state index contributed by atoms with van der Waals surface area (Å²) in [6.45, 7) is 24.0. The largest absolute Gasteiger partial charge is 0.458 e. The molecule has 0 aromatic heterocycles. The molecule has 0 aromatic rings. The lowest BCUT2D eigenvalue weighted by atomic mass is 9.65. The summed E-state index contributed by atoms with van der Waals surface area (Å²) in [6, 6.07) is 0. The monoisotopic (exact) mass is 596 g/mol. The third-order valence-corrected chi connectivity index (χ3v) is 9.96. The topological polar surface area (TPSA) is 107 Å².